The molecule has 1 aromatic heterocycles. The van der Waals surface area contributed by atoms with E-state index >= 15 is 0 Å². The average molecular weight is 397 g/mol. The molecule has 0 radical (unpaired) electrons. The molecule has 0 spiro atoms. The molecule has 0 fully saturated rings. The van der Waals surface area contributed by atoms with Crippen molar-refractivity contribution in [1.29, 1.82) is 0 Å². The molecule has 2 aromatic rings. The van der Waals surface area contributed by atoms with E-state index in [4.69, 9.17) is 4.42 Å². The highest BCUT2D eigenvalue weighted by molar-refractivity contribution is 7.91. The number of oxazole rings is 1. The number of benzene rings is 1. The topological polar surface area (TPSA) is 110 Å². The van der Waals surface area contributed by atoms with Crippen LogP contribution in [0.15, 0.2) is 27.4 Å². The van der Waals surface area contributed by atoms with Crippen LogP contribution in [0.25, 0.3) is 11.1 Å². The van der Waals surface area contributed by atoms with Crippen LogP contribution < -0.4 is 16.4 Å². The summed E-state index contributed by atoms with van der Waals surface area (Å²) in [6, 6.07) is 4.69. The number of rotatable bonds is 9. The normalized spacial score (nSPS) is 11.9. The SMILES string of the molecule is CCS(=O)(=O)CCCCCNC(=O)Nc1ccc2c(c1)oc(=O)n2C(C)C. The van der Waals surface area contributed by atoms with Crippen LogP contribution in [-0.2, 0) is 9.84 Å². The lowest BCUT2D eigenvalue weighted by Gasteiger charge is -2.08. The molecule has 0 aliphatic carbocycles. The van der Waals surface area contributed by atoms with Gasteiger partial charge in [-0.05, 0) is 38.8 Å². The van der Waals surface area contributed by atoms with Crippen molar-refractivity contribution in [3.8, 4) is 0 Å². The van der Waals surface area contributed by atoms with E-state index in [2.05, 4.69) is 10.6 Å². The van der Waals surface area contributed by atoms with Crippen LogP contribution in [0, 0.1) is 0 Å². The molecule has 2 amide bonds. The number of hydrogen-bond acceptors (Lipinski definition) is 5. The summed E-state index contributed by atoms with van der Waals surface area (Å²) in [5.41, 5.74) is 1.63. The van der Waals surface area contributed by atoms with Crippen molar-refractivity contribution in [1.82, 2.24) is 9.88 Å². The van der Waals surface area contributed by atoms with E-state index in [1.807, 2.05) is 13.8 Å². The highest BCUT2D eigenvalue weighted by Gasteiger charge is 2.13. The van der Waals surface area contributed by atoms with Crippen LogP contribution in [0.3, 0.4) is 0 Å². The second-order valence-electron chi connectivity index (χ2n) is 6.69. The highest BCUT2D eigenvalue weighted by atomic mass is 32.2. The van der Waals surface area contributed by atoms with Gasteiger partial charge in [0.25, 0.3) is 0 Å². The molecule has 0 atom stereocenters. The Kier molecular flexibility index (Phi) is 7.06. The van der Waals surface area contributed by atoms with Crippen molar-refractivity contribution in [2.45, 2.75) is 46.1 Å². The molecule has 1 aromatic carbocycles. The Morgan fingerprint density at radius 2 is 1.96 bits per heavy atom. The number of anilines is 1. The van der Waals surface area contributed by atoms with Gasteiger partial charge in [-0.1, -0.05) is 13.3 Å². The van der Waals surface area contributed by atoms with Crippen molar-refractivity contribution in [3.63, 3.8) is 0 Å². The fourth-order valence-corrected chi connectivity index (χ4v) is 3.68. The molecule has 150 valence electrons. The van der Waals surface area contributed by atoms with Crippen LogP contribution in [0.1, 0.15) is 46.1 Å². The lowest BCUT2D eigenvalue weighted by atomic mass is 10.2. The van der Waals surface area contributed by atoms with E-state index in [0.717, 1.165) is 6.42 Å². The first-order valence-electron chi connectivity index (χ1n) is 9.14. The largest absolute Gasteiger partial charge is 0.420 e. The van der Waals surface area contributed by atoms with Crippen molar-refractivity contribution in [2.75, 3.05) is 23.4 Å². The number of nitrogens with zero attached hydrogens (tertiary/aromatic N) is 1. The Morgan fingerprint density at radius 1 is 1.22 bits per heavy atom. The summed E-state index contributed by atoms with van der Waals surface area (Å²) in [6.07, 6.45) is 2.04. The first kappa shape index (κ1) is 21.0. The molecule has 0 saturated heterocycles. The molecule has 0 aliphatic heterocycles. The number of carbonyl (C=O) groups excluding carboxylic acids is 1. The zero-order valence-corrected chi connectivity index (χ0v) is 16.8. The second-order valence-corrected chi connectivity index (χ2v) is 9.16. The van der Waals surface area contributed by atoms with Crippen LogP contribution in [0.5, 0.6) is 0 Å². The minimum Gasteiger partial charge on any atom is -0.408 e. The highest BCUT2D eigenvalue weighted by Crippen LogP contribution is 2.20. The van der Waals surface area contributed by atoms with Gasteiger partial charge >= 0.3 is 11.8 Å². The average Bonchev–Trinajstić information content (AvgIpc) is 2.93. The van der Waals surface area contributed by atoms with Gasteiger partial charge in [0.15, 0.2) is 5.58 Å². The number of aromatic nitrogens is 1. The van der Waals surface area contributed by atoms with Crippen LogP contribution in [0.4, 0.5) is 10.5 Å². The maximum Gasteiger partial charge on any atom is 0.420 e. The van der Waals surface area contributed by atoms with Gasteiger partial charge in [0, 0.05) is 30.1 Å². The number of amides is 2. The van der Waals surface area contributed by atoms with E-state index in [9.17, 15) is 18.0 Å². The number of urea groups is 1. The summed E-state index contributed by atoms with van der Waals surface area (Å²) in [5.74, 6) is -0.0676. The first-order valence-corrected chi connectivity index (χ1v) is 11.0. The Bertz CT molecular complexity index is 944. The third-order valence-electron chi connectivity index (χ3n) is 4.25. The second kappa shape index (κ2) is 9.07. The molecule has 0 unspecified atom stereocenters. The summed E-state index contributed by atoms with van der Waals surface area (Å²) < 4.78 is 29.6. The van der Waals surface area contributed by atoms with Gasteiger partial charge in [-0.2, -0.15) is 0 Å². The smallest absolute Gasteiger partial charge is 0.408 e. The Hall–Kier alpha value is -2.29. The number of nitrogens with one attached hydrogen (secondary N) is 2. The summed E-state index contributed by atoms with van der Waals surface area (Å²) in [6.45, 7) is 5.89. The minimum atomic E-state index is -2.92. The van der Waals surface area contributed by atoms with Gasteiger partial charge in [-0.15, -0.1) is 0 Å². The molecule has 27 heavy (non-hydrogen) atoms. The summed E-state index contributed by atoms with van der Waals surface area (Å²) >= 11 is 0. The summed E-state index contributed by atoms with van der Waals surface area (Å²) in [4.78, 5) is 23.8. The predicted molar refractivity (Wildman–Crippen MR) is 106 cm³/mol. The molecular formula is C18H27N3O5S. The van der Waals surface area contributed by atoms with Gasteiger partial charge in [0.1, 0.15) is 9.84 Å². The fraction of sp³-hybridized carbons (Fsp3) is 0.556. The lowest BCUT2D eigenvalue weighted by molar-refractivity contribution is 0.252. The Labute approximate surface area is 158 Å². The van der Waals surface area contributed by atoms with Gasteiger partial charge in [0.05, 0.1) is 11.3 Å². The van der Waals surface area contributed by atoms with Crippen molar-refractivity contribution >= 4 is 32.7 Å². The van der Waals surface area contributed by atoms with E-state index in [0.29, 0.717) is 36.2 Å². The molecule has 8 nitrogen and oxygen atoms in total. The third kappa shape index (κ3) is 5.85. The van der Waals surface area contributed by atoms with Crippen molar-refractivity contribution in [3.05, 3.63) is 28.7 Å². The number of fused-ring (bicyclic) bond motifs is 1. The zero-order chi connectivity index (χ0) is 20.0. The first-order chi connectivity index (χ1) is 12.7. The Balaban J connectivity index is 1.81. The quantitative estimate of drug-likeness (QED) is 0.632. The van der Waals surface area contributed by atoms with Gasteiger partial charge in [-0.25, -0.2) is 18.0 Å². The van der Waals surface area contributed by atoms with Crippen molar-refractivity contribution in [2.24, 2.45) is 0 Å². The number of carbonyl (C=O) groups is 1. The zero-order valence-electron chi connectivity index (χ0n) is 15.9. The third-order valence-corrected chi connectivity index (χ3v) is 6.04. The molecule has 0 bridgehead atoms. The monoisotopic (exact) mass is 397 g/mol. The molecule has 9 heteroatoms. The summed E-state index contributed by atoms with van der Waals surface area (Å²) in [7, 11) is -2.92. The molecule has 2 N–H and O–H groups in total. The van der Waals surface area contributed by atoms with Gasteiger partial charge in [0.2, 0.25) is 0 Å². The maximum atomic E-state index is 12.0. The molecule has 2 rings (SSSR count). The molecule has 1 heterocycles. The lowest BCUT2D eigenvalue weighted by Crippen LogP contribution is -2.29. The van der Waals surface area contributed by atoms with E-state index < -0.39 is 15.6 Å². The molecular weight excluding hydrogens is 370 g/mol. The number of hydrogen-bond donors (Lipinski definition) is 2. The number of sulfone groups is 1. The van der Waals surface area contributed by atoms with Crippen molar-refractivity contribution < 1.29 is 17.6 Å². The molecule has 0 saturated carbocycles. The van der Waals surface area contributed by atoms with Gasteiger partial charge < -0.3 is 15.1 Å². The van der Waals surface area contributed by atoms with Crippen LogP contribution >= 0.6 is 0 Å². The van der Waals surface area contributed by atoms with E-state index in [1.54, 1.807) is 29.7 Å². The molecule has 0 aliphatic rings. The maximum absolute atomic E-state index is 12.0. The van der Waals surface area contributed by atoms with Gasteiger partial charge in [-0.3, -0.25) is 4.57 Å². The standard InChI is InChI=1S/C18H27N3O5S/c1-4-27(24,25)11-7-5-6-10-19-17(22)20-14-8-9-15-16(12-14)26-18(23)21(15)13(2)3/h8-9,12-13H,4-7,10-11H2,1-3H3,(H2,19,20,22). The van der Waals surface area contributed by atoms with E-state index in [1.165, 1.54) is 0 Å². The fourth-order valence-electron chi connectivity index (χ4n) is 2.75. The van der Waals surface area contributed by atoms with Crippen LogP contribution in [0.2, 0.25) is 0 Å². The summed E-state index contributed by atoms with van der Waals surface area (Å²) in [5, 5.41) is 5.43. The van der Waals surface area contributed by atoms with E-state index in [-0.39, 0.29) is 23.6 Å². The Morgan fingerprint density at radius 3 is 2.63 bits per heavy atom. The van der Waals surface area contributed by atoms with Crippen LogP contribution in [-0.4, -0.2) is 37.1 Å². The number of unbranched alkanes of at least 4 members (excludes halogenated alkanes) is 2. The predicted octanol–water partition coefficient (Wildman–Crippen LogP) is 2.90. The minimum absolute atomic E-state index is 0.0202.